The molecule has 0 fully saturated rings. The van der Waals surface area contributed by atoms with Crippen molar-refractivity contribution in [3.8, 4) is 17.1 Å². The van der Waals surface area contributed by atoms with Gasteiger partial charge in [0.1, 0.15) is 17.7 Å². The maximum atomic E-state index is 13.9. The van der Waals surface area contributed by atoms with Crippen LogP contribution in [-0.2, 0) is 11.2 Å². The zero-order valence-electron chi connectivity index (χ0n) is 16.3. The number of carbonyl (C=O) groups excluding carboxylic acids is 1. The predicted octanol–water partition coefficient (Wildman–Crippen LogP) is 3.19. The topological polar surface area (TPSA) is 94.7 Å². The van der Waals surface area contributed by atoms with Crippen LogP contribution in [0.25, 0.3) is 17.1 Å². The Morgan fingerprint density at radius 2 is 2.03 bits per heavy atom. The first-order valence-corrected chi connectivity index (χ1v) is 9.65. The number of aromatic nitrogens is 5. The highest BCUT2D eigenvalue weighted by atomic mass is 19.3. The van der Waals surface area contributed by atoms with Gasteiger partial charge >= 0.3 is 6.55 Å². The van der Waals surface area contributed by atoms with Gasteiger partial charge in [-0.3, -0.25) is 14.6 Å². The molecule has 0 aliphatic carbocycles. The van der Waals surface area contributed by atoms with Gasteiger partial charge < -0.3 is 5.32 Å². The van der Waals surface area contributed by atoms with E-state index in [1.165, 1.54) is 18.6 Å². The van der Waals surface area contributed by atoms with E-state index in [1.54, 1.807) is 25.3 Å². The van der Waals surface area contributed by atoms with Crippen molar-refractivity contribution in [1.82, 2.24) is 24.3 Å². The number of pyridine rings is 1. The number of alkyl halides is 2. The lowest BCUT2D eigenvalue weighted by Gasteiger charge is -2.16. The van der Waals surface area contributed by atoms with Gasteiger partial charge in [0.15, 0.2) is 5.82 Å². The molecule has 3 aromatic rings. The molecule has 1 aliphatic rings. The number of nitrogens with zero attached hydrogens (tertiary/aromatic N) is 5. The van der Waals surface area contributed by atoms with Crippen molar-refractivity contribution in [2.75, 3.05) is 5.32 Å². The average Bonchev–Trinajstić information content (AvgIpc) is 3.10. The van der Waals surface area contributed by atoms with E-state index in [0.717, 1.165) is 23.1 Å². The SMILES string of the molecule is CC1CCCCc2cc(ccn2)-c2c(c(-n3cnccc3=O)nn2C(F)F)NC1=O. The molecule has 8 nitrogen and oxygen atoms in total. The average molecular weight is 414 g/mol. The third-order valence-corrected chi connectivity index (χ3v) is 5.13. The Bertz CT molecular complexity index is 1140. The molecule has 1 unspecified atom stereocenters. The summed E-state index contributed by atoms with van der Waals surface area (Å²) in [6.45, 7) is -1.20. The highest BCUT2D eigenvalue weighted by Crippen LogP contribution is 2.36. The molecular formula is C20H20F2N6O2. The van der Waals surface area contributed by atoms with Crippen molar-refractivity contribution in [3.63, 3.8) is 0 Å². The summed E-state index contributed by atoms with van der Waals surface area (Å²) in [6, 6.07) is 4.49. The number of hydrogen-bond donors (Lipinski definition) is 1. The van der Waals surface area contributed by atoms with E-state index in [4.69, 9.17) is 0 Å². The number of halogens is 2. The Morgan fingerprint density at radius 3 is 2.80 bits per heavy atom. The van der Waals surface area contributed by atoms with E-state index >= 15 is 0 Å². The fraction of sp³-hybridized carbons (Fsp3) is 0.350. The molecule has 0 saturated carbocycles. The summed E-state index contributed by atoms with van der Waals surface area (Å²) < 4.78 is 29.4. The molecule has 4 rings (SSSR count). The van der Waals surface area contributed by atoms with Crippen molar-refractivity contribution < 1.29 is 13.6 Å². The summed E-state index contributed by atoms with van der Waals surface area (Å²) in [5, 5.41) is 6.72. The van der Waals surface area contributed by atoms with E-state index in [9.17, 15) is 18.4 Å². The molecule has 0 saturated heterocycles. The van der Waals surface area contributed by atoms with Crippen LogP contribution in [-0.4, -0.2) is 30.2 Å². The molecule has 1 N–H and O–H groups in total. The number of aryl methyl sites for hydroxylation is 1. The van der Waals surface area contributed by atoms with Gasteiger partial charge in [0.2, 0.25) is 5.91 Å². The van der Waals surface area contributed by atoms with Crippen LogP contribution < -0.4 is 10.9 Å². The van der Waals surface area contributed by atoms with Crippen LogP contribution in [0.1, 0.15) is 38.4 Å². The van der Waals surface area contributed by atoms with Gasteiger partial charge in [-0.1, -0.05) is 13.3 Å². The fourth-order valence-electron chi connectivity index (χ4n) is 3.53. The molecule has 156 valence electrons. The summed E-state index contributed by atoms with van der Waals surface area (Å²) in [6.07, 6.45) is 7.02. The number of fused-ring (bicyclic) bond motifs is 4. The molecule has 1 atom stereocenters. The van der Waals surface area contributed by atoms with Crippen LogP contribution in [0, 0.1) is 5.92 Å². The third-order valence-electron chi connectivity index (χ3n) is 5.13. The van der Waals surface area contributed by atoms with Crippen molar-refractivity contribution in [2.45, 2.75) is 39.2 Å². The molecule has 3 aromatic heterocycles. The smallest absolute Gasteiger partial charge is 0.321 e. The Balaban J connectivity index is 2.01. The minimum Gasteiger partial charge on any atom is -0.321 e. The summed E-state index contributed by atoms with van der Waals surface area (Å²) in [5.41, 5.74) is 0.746. The summed E-state index contributed by atoms with van der Waals surface area (Å²) in [7, 11) is 0. The zero-order chi connectivity index (χ0) is 21.3. The molecule has 4 heterocycles. The third kappa shape index (κ3) is 3.72. The van der Waals surface area contributed by atoms with Gasteiger partial charge in [-0.25, -0.2) is 9.55 Å². The lowest BCUT2D eigenvalue weighted by molar-refractivity contribution is -0.119. The number of carbonyl (C=O) groups is 1. The Kier molecular flexibility index (Phi) is 5.39. The first-order chi connectivity index (χ1) is 14.5. The molecule has 0 spiro atoms. The van der Waals surface area contributed by atoms with Crippen molar-refractivity contribution in [1.29, 1.82) is 0 Å². The molecule has 1 amide bonds. The van der Waals surface area contributed by atoms with E-state index in [2.05, 4.69) is 20.4 Å². The first-order valence-electron chi connectivity index (χ1n) is 9.65. The fourth-order valence-corrected chi connectivity index (χ4v) is 3.53. The lowest BCUT2D eigenvalue weighted by Crippen LogP contribution is -2.23. The van der Waals surface area contributed by atoms with E-state index in [1.807, 2.05) is 0 Å². The minimum absolute atomic E-state index is 0.0144. The van der Waals surface area contributed by atoms with Gasteiger partial charge in [0.05, 0.1) is 0 Å². The van der Waals surface area contributed by atoms with Crippen LogP contribution in [0.3, 0.4) is 0 Å². The second-order valence-electron chi connectivity index (χ2n) is 7.23. The Hall–Kier alpha value is -3.43. The van der Waals surface area contributed by atoms with Crippen molar-refractivity contribution >= 4 is 11.6 Å². The summed E-state index contributed by atoms with van der Waals surface area (Å²) in [4.78, 5) is 33.4. The second kappa shape index (κ2) is 8.13. The number of nitrogens with one attached hydrogen (secondary N) is 1. The van der Waals surface area contributed by atoms with Crippen LogP contribution in [0.2, 0.25) is 0 Å². The monoisotopic (exact) mass is 414 g/mol. The van der Waals surface area contributed by atoms with Crippen molar-refractivity contribution in [3.05, 3.63) is 53.0 Å². The highest BCUT2D eigenvalue weighted by Gasteiger charge is 2.28. The lowest BCUT2D eigenvalue weighted by atomic mass is 9.99. The van der Waals surface area contributed by atoms with Gasteiger partial charge in [-0.05, 0) is 31.4 Å². The number of rotatable bonds is 2. The van der Waals surface area contributed by atoms with E-state index in [-0.39, 0.29) is 29.0 Å². The zero-order valence-corrected chi connectivity index (χ0v) is 16.3. The highest BCUT2D eigenvalue weighted by molar-refractivity contribution is 5.98. The largest absolute Gasteiger partial charge is 0.333 e. The van der Waals surface area contributed by atoms with Crippen molar-refractivity contribution in [2.24, 2.45) is 5.92 Å². The number of hydrogen-bond acceptors (Lipinski definition) is 5. The summed E-state index contributed by atoms with van der Waals surface area (Å²) in [5.74, 6) is -0.769. The summed E-state index contributed by atoms with van der Waals surface area (Å²) >= 11 is 0. The van der Waals surface area contributed by atoms with Crippen LogP contribution >= 0.6 is 0 Å². The molecule has 0 aromatic carbocycles. The van der Waals surface area contributed by atoms with Gasteiger partial charge in [-0.2, -0.15) is 13.5 Å². The molecule has 10 heteroatoms. The van der Waals surface area contributed by atoms with Gasteiger partial charge in [-0.15, -0.1) is 5.10 Å². The minimum atomic E-state index is -2.99. The standard InChI is InChI=1S/C20H20F2N6O2/c1-12-4-2-3-5-14-10-13(6-9-24-14)17-16(25-19(12)30)18(26-28(17)20(21)22)27-11-23-8-7-15(27)29/h6-12,20H,2-5H2,1H3,(H,25,30). The number of amides is 1. The normalized spacial score (nSPS) is 17.1. The Labute approximate surface area is 170 Å². The van der Waals surface area contributed by atoms with Crippen LogP contribution in [0.4, 0.5) is 14.5 Å². The maximum Gasteiger partial charge on any atom is 0.333 e. The second-order valence-corrected chi connectivity index (χ2v) is 7.23. The predicted molar refractivity (Wildman–Crippen MR) is 105 cm³/mol. The van der Waals surface area contributed by atoms with E-state index < -0.39 is 12.1 Å². The molecule has 2 bridgehead atoms. The maximum absolute atomic E-state index is 13.9. The molecule has 0 radical (unpaired) electrons. The molecule has 30 heavy (non-hydrogen) atoms. The Morgan fingerprint density at radius 1 is 1.20 bits per heavy atom. The first kappa shape index (κ1) is 19.9. The van der Waals surface area contributed by atoms with Gasteiger partial charge in [0, 0.05) is 35.6 Å². The van der Waals surface area contributed by atoms with E-state index in [0.29, 0.717) is 23.1 Å². The van der Waals surface area contributed by atoms with Crippen LogP contribution in [0.15, 0.2) is 41.7 Å². The molecule has 1 aliphatic heterocycles. The van der Waals surface area contributed by atoms with Gasteiger partial charge in [0.25, 0.3) is 5.56 Å². The molecular weight excluding hydrogens is 394 g/mol. The quantitative estimate of drug-likeness (QED) is 0.695. The number of anilines is 1. The van der Waals surface area contributed by atoms with Crippen LogP contribution in [0.5, 0.6) is 0 Å².